The van der Waals surface area contributed by atoms with Crippen molar-refractivity contribution in [2.45, 2.75) is 120 Å². The lowest BCUT2D eigenvalue weighted by Gasteiger charge is -2.62. The predicted octanol–water partition coefficient (Wildman–Crippen LogP) is 3.48. The number of aromatic hydroxyl groups is 2. The number of rotatable bonds is 1. The van der Waals surface area contributed by atoms with Crippen LogP contribution in [0.5, 0.6) is 11.5 Å². The summed E-state index contributed by atoms with van der Waals surface area (Å²) in [4.78, 5) is 14.3. The van der Waals surface area contributed by atoms with E-state index in [2.05, 4.69) is 19.1 Å². The Hall–Kier alpha value is -2.27. The quantitative estimate of drug-likeness (QED) is 0.178. The number of carbonyl (C=O) groups excluding carboxylic acids is 1. The Bertz CT molecular complexity index is 1600. The average Bonchev–Trinajstić information content (AvgIpc) is 3.33. The Morgan fingerprint density at radius 3 is 2.32 bits per heavy atom. The summed E-state index contributed by atoms with van der Waals surface area (Å²) < 4.78 is 7.01. The number of ketones is 1. The number of benzene rings is 1. The van der Waals surface area contributed by atoms with Crippen LogP contribution in [0.1, 0.15) is 84.6 Å². The van der Waals surface area contributed by atoms with Gasteiger partial charge in [0.25, 0.3) is 0 Å². The number of aliphatic hydroxyl groups is 5. The maximum atomic E-state index is 14.3. The van der Waals surface area contributed by atoms with Gasteiger partial charge in [-0.05, 0) is 91.0 Å². The summed E-state index contributed by atoms with van der Waals surface area (Å²) in [5.41, 5.74) is -5.03. The van der Waals surface area contributed by atoms with E-state index < -0.39 is 69.8 Å². The molecule has 1 aromatic rings. The zero-order valence-electron chi connectivity index (χ0n) is 27.9. The fourth-order valence-electron chi connectivity index (χ4n) is 12.9. The number of fused-ring (bicyclic) bond motifs is 9. The molecule has 0 aromatic heterocycles. The van der Waals surface area contributed by atoms with E-state index in [0.29, 0.717) is 24.0 Å². The first-order chi connectivity index (χ1) is 21.9. The molecule has 0 radical (unpaired) electrons. The van der Waals surface area contributed by atoms with Crippen LogP contribution >= 0.6 is 0 Å². The number of hydrogen-bond donors (Lipinski definition) is 7. The van der Waals surface area contributed by atoms with Gasteiger partial charge in [-0.2, -0.15) is 0 Å². The average molecular weight is 651 g/mol. The van der Waals surface area contributed by atoms with Crippen LogP contribution in [-0.4, -0.2) is 82.7 Å². The van der Waals surface area contributed by atoms with Gasteiger partial charge in [0.05, 0.1) is 35.6 Å². The van der Waals surface area contributed by atoms with Gasteiger partial charge in [0.2, 0.25) is 0 Å². The maximum absolute atomic E-state index is 14.3. The second-order valence-corrected chi connectivity index (χ2v) is 17.4. The summed E-state index contributed by atoms with van der Waals surface area (Å²) in [5, 5.41) is 80.6. The van der Waals surface area contributed by atoms with Gasteiger partial charge in [-0.15, -0.1) is 0 Å². The summed E-state index contributed by atoms with van der Waals surface area (Å²) in [6.07, 6.45) is 5.15. The zero-order chi connectivity index (χ0) is 33.9. The summed E-state index contributed by atoms with van der Waals surface area (Å²) in [6, 6.07) is 4.23. The lowest BCUT2D eigenvalue weighted by molar-refractivity contribution is -0.235. The minimum atomic E-state index is -1.48. The van der Waals surface area contributed by atoms with E-state index in [1.165, 1.54) is 12.1 Å². The Morgan fingerprint density at radius 1 is 0.936 bits per heavy atom. The number of allylic oxidation sites excluding steroid dienone is 2. The monoisotopic (exact) mass is 650 g/mol. The van der Waals surface area contributed by atoms with E-state index in [4.69, 9.17) is 4.74 Å². The maximum Gasteiger partial charge on any atom is 0.160 e. The SMILES string of the molecule is C[C@H]1[C@H](O)[C@@]2(O[C@H]3C[C@]4(O)C5=CC(=O)[C@H]6[C@H](c7ccc(O)c(O)c7)[C@@H](O)[C@@H](O)C[C@]6(C)[C@@H]5CC[C@]4(C)[C@@H]3[C@@]2(C)O)[C@H]2C=C[C@@]1(C)CC2. The van der Waals surface area contributed by atoms with E-state index in [-0.39, 0.29) is 53.3 Å². The molecule has 8 aliphatic rings. The molecule has 47 heavy (non-hydrogen) atoms. The lowest BCUT2D eigenvalue weighted by atomic mass is 9.43. The molecular weight excluding hydrogens is 600 g/mol. The molecule has 7 aliphatic carbocycles. The van der Waals surface area contributed by atoms with Gasteiger partial charge in [0, 0.05) is 35.5 Å². The summed E-state index contributed by atoms with van der Waals surface area (Å²) in [6.45, 7) is 9.97. The topological polar surface area (TPSA) is 168 Å². The smallest absolute Gasteiger partial charge is 0.160 e. The third kappa shape index (κ3) is 3.59. The van der Waals surface area contributed by atoms with E-state index in [1.54, 1.807) is 19.1 Å². The van der Waals surface area contributed by atoms with Crippen molar-refractivity contribution in [2.75, 3.05) is 0 Å². The van der Waals surface area contributed by atoms with Crippen LogP contribution < -0.4 is 0 Å². The van der Waals surface area contributed by atoms with E-state index >= 15 is 0 Å². The molecule has 9 rings (SSSR count). The molecule has 9 heteroatoms. The highest BCUT2D eigenvalue weighted by Gasteiger charge is 2.80. The molecule has 0 amide bonds. The lowest BCUT2D eigenvalue weighted by Crippen LogP contribution is -2.68. The number of carbonyl (C=O) groups is 1. The van der Waals surface area contributed by atoms with E-state index in [1.807, 2.05) is 20.8 Å². The van der Waals surface area contributed by atoms with Crippen LogP contribution in [0.2, 0.25) is 0 Å². The van der Waals surface area contributed by atoms with Gasteiger partial charge in [-0.3, -0.25) is 4.79 Å². The van der Waals surface area contributed by atoms with Gasteiger partial charge in [0.1, 0.15) is 5.60 Å². The van der Waals surface area contributed by atoms with E-state index in [0.717, 1.165) is 12.8 Å². The molecule has 16 atom stereocenters. The van der Waals surface area contributed by atoms with Crippen LogP contribution in [-0.2, 0) is 9.53 Å². The van der Waals surface area contributed by atoms with Gasteiger partial charge >= 0.3 is 0 Å². The van der Waals surface area contributed by atoms with Crippen molar-refractivity contribution < 1.29 is 45.3 Å². The molecule has 4 saturated carbocycles. The predicted molar refractivity (Wildman–Crippen MR) is 171 cm³/mol. The second-order valence-electron chi connectivity index (χ2n) is 17.4. The van der Waals surface area contributed by atoms with Crippen molar-refractivity contribution >= 4 is 5.78 Å². The second kappa shape index (κ2) is 9.49. The molecule has 1 heterocycles. The van der Waals surface area contributed by atoms with Gasteiger partial charge in [-0.25, -0.2) is 0 Å². The number of hydrogen-bond acceptors (Lipinski definition) is 9. The summed E-state index contributed by atoms with van der Waals surface area (Å²) >= 11 is 0. The van der Waals surface area contributed by atoms with Crippen molar-refractivity contribution in [1.82, 2.24) is 0 Å². The molecule has 9 nitrogen and oxygen atoms in total. The Labute approximate surface area is 276 Å². The zero-order valence-corrected chi connectivity index (χ0v) is 27.9. The normalized spacial score (nSPS) is 56.0. The summed E-state index contributed by atoms with van der Waals surface area (Å²) in [5.74, 6) is -3.63. The first kappa shape index (κ1) is 32.0. The van der Waals surface area contributed by atoms with Crippen molar-refractivity contribution in [2.24, 2.45) is 45.8 Å². The number of aliphatic hydroxyl groups excluding tert-OH is 3. The molecule has 7 N–H and O–H groups in total. The largest absolute Gasteiger partial charge is 0.504 e. The molecule has 1 aliphatic heterocycles. The third-order valence-electron chi connectivity index (χ3n) is 15.5. The molecule has 1 spiro atoms. The highest BCUT2D eigenvalue weighted by atomic mass is 16.6. The number of ether oxygens (including phenoxy) is 1. The molecule has 1 saturated heterocycles. The van der Waals surface area contributed by atoms with Gasteiger partial charge < -0.3 is 40.5 Å². The van der Waals surface area contributed by atoms with Crippen molar-refractivity contribution in [1.29, 1.82) is 0 Å². The van der Waals surface area contributed by atoms with E-state index in [9.17, 15) is 40.5 Å². The Kier molecular flexibility index (Phi) is 6.45. The fraction of sp³-hybridized carbons (Fsp3) is 0.711. The Morgan fingerprint density at radius 2 is 1.66 bits per heavy atom. The van der Waals surface area contributed by atoms with Crippen molar-refractivity contribution in [3.63, 3.8) is 0 Å². The van der Waals surface area contributed by atoms with Crippen LogP contribution in [0.3, 0.4) is 0 Å². The van der Waals surface area contributed by atoms with Crippen LogP contribution in [0, 0.1) is 45.8 Å². The standard InChI is InChI=1S/C38H50O9/c1-18-32(44)38(20-8-11-33(18,2)12-9-20)36(5,45)31-27(47-38)17-37(46)22-15-25(41)29-28(19-6-7-23(39)24(40)14-19)30(43)26(42)16-34(29,3)21(22)10-13-35(31,37)4/h6-8,11,14-15,18,20-21,26-32,39-40,42-46H,9-10,12-13,16-17H2,1-5H3/t18-,20-,21+,26-,27-,28-,29-,30-,31+,32-,33-,34+,35+,36+,37-,38-/m0/s1. The highest BCUT2D eigenvalue weighted by Crippen LogP contribution is 2.74. The van der Waals surface area contributed by atoms with Gasteiger partial charge in [0.15, 0.2) is 17.3 Å². The minimum absolute atomic E-state index is 0.147. The third-order valence-corrected chi connectivity index (χ3v) is 15.5. The van der Waals surface area contributed by atoms with Gasteiger partial charge in [-0.1, -0.05) is 45.9 Å². The fourth-order valence-corrected chi connectivity index (χ4v) is 12.9. The number of phenolic OH excluding ortho intramolecular Hbond substituents is 2. The first-order valence-electron chi connectivity index (χ1n) is 17.5. The van der Waals surface area contributed by atoms with Crippen LogP contribution in [0.25, 0.3) is 0 Å². The van der Waals surface area contributed by atoms with Crippen molar-refractivity contribution in [3.05, 3.63) is 47.6 Å². The Balaban J connectivity index is 1.20. The molecular formula is C38H50O9. The van der Waals surface area contributed by atoms with Crippen LogP contribution in [0.15, 0.2) is 42.0 Å². The van der Waals surface area contributed by atoms with Crippen molar-refractivity contribution in [3.8, 4) is 11.5 Å². The minimum Gasteiger partial charge on any atom is -0.504 e. The molecule has 1 aromatic carbocycles. The molecule has 0 unspecified atom stereocenters. The highest BCUT2D eigenvalue weighted by molar-refractivity contribution is 5.96. The molecule has 5 fully saturated rings. The summed E-state index contributed by atoms with van der Waals surface area (Å²) in [7, 11) is 0. The first-order valence-corrected chi connectivity index (χ1v) is 17.5. The van der Waals surface area contributed by atoms with Crippen LogP contribution in [0.4, 0.5) is 0 Å². The molecule has 2 bridgehead atoms. The molecule has 256 valence electrons. The number of phenols is 2.